The average Bonchev–Trinajstić information content (AvgIpc) is 2.81. The smallest absolute Gasteiger partial charge is 0.336 e. The zero-order valence-electron chi connectivity index (χ0n) is 18.9. The molecule has 1 aliphatic heterocycles. The first-order valence-corrected chi connectivity index (χ1v) is 11.6. The van der Waals surface area contributed by atoms with Crippen LogP contribution in [0.4, 0.5) is 26.3 Å². The van der Waals surface area contributed by atoms with Crippen LogP contribution in [0.1, 0.15) is 27.2 Å². The molecule has 0 radical (unpaired) electrons. The predicted molar refractivity (Wildman–Crippen MR) is 114 cm³/mol. The molecule has 2 heterocycles. The number of piperazine rings is 1. The molecule has 0 bridgehead atoms. The Morgan fingerprint density at radius 1 is 1.00 bits per heavy atom. The van der Waals surface area contributed by atoms with Crippen LogP contribution in [0.15, 0.2) is 30.3 Å². The Kier molecular flexibility index (Phi) is 7.36. The van der Waals surface area contributed by atoms with Crippen LogP contribution in [0.3, 0.4) is 0 Å². The van der Waals surface area contributed by atoms with Gasteiger partial charge in [0.25, 0.3) is 16.1 Å². The van der Waals surface area contributed by atoms with Crippen LogP contribution < -0.4 is 0 Å². The molecule has 1 amide bonds. The van der Waals surface area contributed by atoms with Crippen LogP contribution in [0, 0.1) is 11.3 Å². The van der Waals surface area contributed by atoms with E-state index in [1.54, 1.807) is 6.07 Å². The first kappa shape index (κ1) is 27.4. The molecule has 0 atom stereocenters. The summed E-state index contributed by atoms with van der Waals surface area (Å²) in [6.07, 6.45) is -9.80. The Morgan fingerprint density at radius 3 is 2.00 bits per heavy atom. The van der Waals surface area contributed by atoms with E-state index in [-0.39, 0.29) is 31.7 Å². The van der Waals surface area contributed by atoms with Gasteiger partial charge in [0, 0.05) is 45.8 Å². The van der Waals surface area contributed by atoms with E-state index in [2.05, 4.69) is 4.98 Å². The molecule has 0 saturated carbocycles. The number of rotatable bonds is 4. The topological polar surface area (TPSA) is 97.6 Å². The summed E-state index contributed by atoms with van der Waals surface area (Å²) in [5.74, 6) is -1.10. The van der Waals surface area contributed by atoms with Crippen LogP contribution in [0.2, 0.25) is 0 Å². The van der Waals surface area contributed by atoms with E-state index in [4.69, 9.17) is 0 Å². The number of nitrogens with zero attached hydrogens (tertiary/aromatic N) is 5. The summed E-state index contributed by atoms with van der Waals surface area (Å²) in [5, 5.41) is 9.50. The van der Waals surface area contributed by atoms with Crippen molar-refractivity contribution in [2.75, 3.05) is 40.3 Å². The minimum atomic E-state index is -5.13. The number of alkyl halides is 6. The Morgan fingerprint density at radius 2 is 1.56 bits per heavy atom. The maximum absolute atomic E-state index is 13.9. The Hall–Kier alpha value is -3.22. The van der Waals surface area contributed by atoms with Gasteiger partial charge in [-0.25, -0.2) is 4.98 Å². The van der Waals surface area contributed by atoms with Gasteiger partial charge in [-0.15, -0.1) is 0 Å². The zero-order chi connectivity index (χ0) is 27.1. The molecule has 15 heteroatoms. The Bertz CT molecular complexity index is 1290. The van der Waals surface area contributed by atoms with Crippen molar-refractivity contribution in [2.24, 2.45) is 0 Å². The second-order valence-corrected chi connectivity index (χ2v) is 10.1. The first-order valence-electron chi connectivity index (χ1n) is 10.2. The number of nitriles is 1. The third-order valence-electron chi connectivity index (χ3n) is 5.44. The quantitative estimate of drug-likeness (QED) is 0.561. The molecule has 1 aliphatic rings. The van der Waals surface area contributed by atoms with Crippen molar-refractivity contribution in [1.29, 1.82) is 5.26 Å². The molecule has 36 heavy (non-hydrogen) atoms. The van der Waals surface area contributed by atoms with Crippen LogP contribution in [0.25, 0.3) is 11.3 Å². The van der Waals surface area contributed by atoms with Gasteiger partial charge in [-0.1, -0.05) is 12.1 Å². The number of carbonyl (C=O) groups is 1. The van der Waals surface area contributed by atoms with E-state index >= 15 is 0 Å². The summed E-state index contributed by atoms with van der Waals surface area (Å²) in [5.41, 5.74) is -4.71. The van der Waals surface area contributed by atoms with Gasteiger partial charge in [0.1, 0.15) is 6.07 Å². The minimum Gasteiger partial charge on any atom is -0.336 e. The van der Waals surface area contributed by atoms with Gasteiger partial charge in [-0.05, 0) is 18.2 Å². The fourth-order valence-corrected chi connectivity index (χ4v) is 4.62. The maximum atomic E-state index is 13.9. The lowest BCUT2D eigenvalue weighted by atomic mass is 10.0. The van der Waals surface area contributed by atoms with Crippen molar-refractivity contribution < 1.29 is 39.6 Å². The van der Waals surface area contributed by atoms with E-state index in [9.17, 15) is 44.8 Å². The van der Waals surface area contributed by atoms with Gasteiger partial charge in [0.15, 0.2) is 5.69 Å². The molecule has 2 aromatic rings. The monoisotopic (exact) mass is 535 g/mol. The number of benzene rings is 1. The third-order valence-corrected chi connectivity index (χ3v) is 7.38. The maximum Gasteiger partial charge on any atom is 0.434 e. The predicted octanol–water partition coefficient (Wildman–Crippen LogP) is 3.22. The number of hydrogen-bond acceptors (Lipinski definition) is 5. The number of hydrogen-bond donors (Lipinski definition) is 0. The molecule has 3 rings (SSSR count). The summed E-state index contributed by atoms with van der Waals surface area (Å²) in [7, 11) is -1.15. The summed E-state index contributed by atoms with van der Waals surface area (Å²) in [6, 6.07) is 5.40. The van der Waals surface area contributed by atoms with Crippen molar-refractivity contribution in [3.8, 4) is 17.3 Å². The highest BCUT2D eigenvalue weighted by Crippen LogP contribution is 2.36. The van der Waals surface area contributed by atoms with E-state index in [1.807, 2.05) is 0 Å². The van der Waals surface area contributed by atoms with Crippen LogP contribution in [0.5, 0.6) is 0 Å². The summed E-state index contributed by atoms with van der Waals surface area (Å²) in [6.45, 7) is -0.719. The molecular formula is C21H19F6N5O3S. The van der Waals surface area contributed by atoms with E-state index in [0.717, 1.165) is 25.6 Å². The standard InChI is InChI=1S/C21H19F6N5O3S/c1-30(2)36(34,35)32-9-7-31(8-10-32)19(33)16-11-14(12-28)17(29-18(16)21(25,26)27)13-3-5-15(6-4-13)20(22,23)24/h3-6,11H,7-10H2,1-2H3. The molecule has 1 aromatic carbocycles. The lowest BCUT2D eigenvalue weighted by molar-refractivity contribution is -0.141. The van der Waals surface area contributed by atoms with Gasteiger partial charge < -0.3 is 4.90 Å². The zero-order valence-corrected chi connectivity index (χ0v) is 19.7. The fourth-order valence-electron chi connectivity index (χ4n) is 3.54. The summed E-state index contributed by atoms with van der Waals surface area (Å²) < 4.78 is 107. The molecule has 1 fully saturated rings. The number of carbonyl (C=O) groups excluding carboxylic acids is 1. The largest absolute Gasteiger partial charge is 0.434 e. The number of amides is 1. The number of halogens is 6. The van der Waals surface area contributed by atoms with E-state index in [0.29, 0.717) is 18.2 Å². The first-order chi connectivity index (χ1) is 16.6. The van der Waals surface area contributed by atoms with Crippen molar-refractivity contribution in [1.82, 2.24) is 18.5 Å². The molecule has 0 unspecified atom stereocenters. The number of aromatic nitrogens is 1. The van der Waals surface area contributed by atoms with Gasteiger partial charge in [-0.2, -0.15) is 48.6 Å². The molecule has 1 aromatic heterocycles. The van der Waals surface area contributed by atoms with Crippen LogP contribution in [-0.4, -0.2) is 73.1 Å². The van der Waals surface area contributed by atoms with Crippen molar-refractivity contribution in [3.05, 3.63) is 52.7 Å². The van der Waals surface area contributed by atoms with E-state index in [1.165, 1.54) is 14.1 Å². The van der Waals surface area contributed by atoms with Crippen molar-refractivity contribution in [3.63, 3.8) is 0 Å². The average molecular weight is 535 g/mol. The second-order valence-electron chi connectivity index (χ2n) is 7.95. The second kappa shape index (κ2) is 9.68. The minimum absolute atomic E-state index is 0.157. The normalized spacial score (nSPS) is 15.7. The molecule has 0 spiro atoms. The van der Waals surface area contributed by atoms with Crippen molar-refractivity contribution in [2.45, 2.75) is 12.4 Å². The molecule has 1 saturated heterocycles. The van der Waals surface area contributed by atoms with Gasteiger partial charge in [-0.3, -0.25) is 4.79 Å². The number of pyridine rings is 1. The molecule has 8 nitrogen and oxygen atoms in total. The van der Waals surface area contributed by atoms with Crippen molar-refractivity contribution >= 4 is 16.1 Å². The van der Waals surface area contributed by atoms with Gasteiger partial charge >= 0.3 is 12.4 Å². The lowest BCUT2D eigenvalue weighted by Crippen LogP contribution is -2.53. The lowest BCUT2D eigenvalue weighted by Gasteiger charge is -2.35. The highest BCUT2D eigenvalue weighted by molar-refractivity contribution is 7.86. The van der Waals surface area contributed by atoms with Crippen LogP contribution in [-0.2, 0) is 22.6 Å². The third kappa shape index (κ3) is 5.45. The van der Waals surface area contributed by atoms with Crippen LogP contribution >= 0.6 is 0 Å². The summed E-state index contributed by atoms with van der Waals surface area (Å²) >= 11 is 0. The van der Waals surface area contributed by atoms with Gasteiger partial charge in [0.2, 0.25) is 0 Å². The molecule has 194 valence electrons. The van der Waals surface area contributed by atoms with Gasteiger partial charge in [0.05, 0.1) is 22.4 Å². The molecule has 0 N–H and O–H groups in total. The Labute approximate surface area is 202 Å². The van der Waals surface area contributed by atoms with E-state index < -0.39 is 56.5 Å². The molecular weight excluding hydrogens is 516 g/mol. The molecule has 0 aliphatic carbocycles. The highest BCUT2D eigenvalue weighted by atomic mass is 32.2. The highest BCUT2D eigenvalue weighted by Gasteiger charge is 2.40. The SMILES string of the molecule is CN(C)S(=O)(=O)N1CCN(C(=O)c2cc(C#N)c(-c3ccc(C(F)(F)F)cc3)nc2C(F)(F)F)CC1. The summed E-state index contributed by atoms with van der Waals surface area (Å²) in [4.78, 5) is 17.5. The fraction of sp³-hybridized carbons (Fsp3) is 0.381. The Balaban J connectivity index is 1.99.